The predicted octanol–water partition coefficient (Wildman–Crippen LogP) is 5.68. The number of aliphatic hydroxyl groups is 4. The zero-order chi connectivity index (χ0) is 24.2. The fourth-order valence-electron chi connectivity index (χ4n) is 3.67. The van der Waals surface area contributed by atoms with Crippen LogP contribution in [0.25, 0.3) is 0 Å². The molecular formula is C30H32O4Pt+2. The molecule has 4 nitrogen and oxygen atoms in total. The molecule has 0 heterocycles. The van der Waals surface area contributed by atoms with E-state index >= 15 is 0 Å². The molecule has 0 aromatic heterocycles. The van der Waals surface area contributed by atoms with Crippen LogP contribution in [0.4, 0.5) is 0 Å². The van der Waals surface area contributed by atoms with Crippen molar-refractivity contribution in [2.45, 2.75) is 37.3 Å². The first-order valence-corrected chi connectivity index (χ1v) is 11.5. The van der Waals surface area contributed by atoms with Gasteiger partial charge >= 0.3 is 21.1 Å². The summed E-state index contributed by atoms with van der Waals surface area (Å²) in [7, 11) is 0. The standard InChI is InChI=1S/2C15H16O2.Pt/c2*16-14(12-7-3-1-4-8-12)11-15(17)13-9-5-2-6-10-13;/h2*1-10,14-17H,11H2;/q;;+2. The molecular weight excluding hydrogens is 619 g/mol. The molecule has 4 rings (SSSR count). The Balaban J connectivity index is 0.000000240. The Morgan fingerprint density at radius 3 is 0.686 bits per heavy atom. The number of hydrogen-bond donors (Lipinski definition) is 4. The second-order valence-electron chi connectivity index (χ2n) is 8.18. The molecule has 0 amide bonds. The third-order valence-electron chi connectivity index (χ3n) is 5.63. The van der Waals surface area contributed by atoms with Gasteiger partial charge in [0.2, 0.25) is 0 Å². The van der Waals surface area contributed by atoms with E-state index in [9.17, 15) is 20.4 Å². The van der Waals surface area contributed by atoms with E-state index < -0.39 is 24.4 Å². The second kappa shape index (κ2) is 15.4. The van der Waals surface area contributed by atoms with E-state index in [1.165, 1.54) is 0 Å². The zero-order valence-corrected chi connectivity index (χ0v) is 21.6. The molecule has 4 N–H and O–H groups in total. The molecule has 35 heavy (non-hydrogen) atoms. The Kier molecular flexibility index (Phi) is 12.6. The maximum absolute atomic E-state index is 9.99. The molecule has 4 aromatic rings. The maximum atomic E-state index is 9.99. The van der Waals surface area contributed by atoms with Gasteiger partial charge in [-0.15, -0.1) is 0 Å². The van der Waals surface area contributed by atoms with E-state index in [1.54, 1.807) is 0 Å². The minimum atomic E-state index is -0.633. The van der Waals surface area contributed by atoms with Crippen LogP contribution in [0.5, 0.6) is 0 Å². The van der Waals surface area contributed by atoms with Gasteiger partial charge in [0.1, 0.15) is 0 Å². The van der Waals surface area contributed by atoms with Crippen molar-refractivity contribution in [2.75, 3.05) is 0 Å². The van der Waals surface area contributed by atoms with Gasteiger partial charge in [0.15, 0.2) is 0 Å². The van der Waals surface area contributed by atoms with Gasteiger partial charge in [0, 0.05) is 12.8 Å². The van der Waals surface area contributed by atoms with Crippen molar-refractivity contribution in [1.82, 2.24) is 0 Å². The van der Waals surface area contributed by atoms with E-state index in [2.05, 4.69) is 0 Å². The Hall–Kier alpha value is -2.59. The van der Waals surface area contributed by atoms with Gasteiger partial charge in [-0.3, -0.25) is 0 Å². The Bertz CT molecular complexity index is 887. The van der Waals surface area contributed by atoms with E-state index in [1.807, 2.05) is 121 Å². The summed E-state index contributed by atoms with van der Waals surface area (Å²) in [5.41, 5.74) is 3.34. The SMILES string of the molecule is OC(CC(O)c1ccccc1)c1ccccc1.OC(CC(O)c1ccccc1)c1ccccc1.[Pt+2]. The van der Waals surface area contributed by atoms with Gasteiger partial charge in [-0.1, -0.05) is 121 Å². The second-order valence-corrected chi connectivity index (χ2v) is 8.18. The summed E-state index contributed by atoms with van der Waals surface area (Å²) in [6, 6.07) is 37.6. The minimum Gasteiger partial charge on any atom is -0.388 e. The average Bonchev–Trinajstić information content (AvgIpc) is 2.91. The van der Waals surface area contributed by atoms with Crippen LogP contribution in [0.1, 0.15) is 59.5 Å². The molecule has 4 atom stereocenters. The molecule has 4 unspecified atom stereocenters. The van der Waals surface area contributed by atoms with Crippen LogP contribution in [0.3, 0.4) is 0 Å². The summed E-state index contributed by atoms with van der Waals surface area (Å²) >= 11 is 0. The zero-order valence-electron chi connectivity index (χ0n) is 19.4. The van der Waals surface area contributed by atoms with Crippen LogP contribution in [-0.4, -0.2) is 20.4 Å². The van der Waals surface area contributed by atoms with Crippen molar-refractivity contribution in [3.63, 3.8) is 0 Å². The van der Waals surface area contributed by atoms with Crippen LogP contribution in [0.15, 0.2) is 121 Å². The molecule has 0 radical (unpaired) electrons. The number of benzene rings is 4. The fourth-order valence-corrected chi connectivity index (χ4v) is 3.67. The number of hydrogen-bond acceptors (Lipinski definition) is 4. The Morgan fingerprint density at radius 1 is 0.343 bits per heavy atom. The van der Waals surface area contributed by atoms with Crippen molar-refractivity contribution in [3.8, 4) is 0 Å². The van der Waals surface area contributed by atoms with Crippen molar-refractivity contribution in [2.24, 2.45) is 0 Å². The summed E-state index contributed by atoms with van der Waals surface area (Å²) in [6.07, 6.45) is -1.90. The monoisotopic (exact) mass is 651 g/mol. The minimum absolute atomic E-state index is 0. The van der Waals surface area contributed by atoms with E-state index in [0.29, 0.717) is 12.8 Å². The molecule has 0 spiro atoms. The molecule has 0 fully saturated rings. The predicted molar refractivity (Wildman–Crippen MR) is 135 cm³/mol. The largest absolute Gasteiger partial charge is 2.00 e. The van der Waals surface area contributed by atoms with Crippen LogP contribution in [0, 0.1) is 0 Å². The topological polar surface area (TPSA) is 80.9 Å². The summed E-state index contributed by atoms with van der Waals surface area (Å²) in [5, 5.41) is 40.0. The summed E-state index contributed by atoms with van der Waals surface area (Å²) in [6.45, 7) is 0. The van der Waals surface area contributed by atoms with Gasteiger partial charge in [-0.05, 0) is 22.3 Å². The Morgan fingerprint density at radius 2 is 0.514 bits per heavy atom. The quantitative estimate of drug-likeness (QED) is 0.198. The van der Waals surface area contributed by atoms with Crippen molar-refractivity contribution in [1.29, 1.82) is 0 Å². The average molecular weight is 652 g/mol. The van der Waals surface area contributed by atoms with Gasteiger partial charge in [0.25, 0.3) is 0 Å². The molecule has 0 bridgehead atoms. The molecule has 0 saturated carbocycles. The van der Waals surface area contributed by atoms with Crippen LogP contribution < -0.4 is 0 Å². The first kappa shape index (κ1) is 28.6. The molecule has 0 aliphatic heterocycles. The molecule has 5 heteroatoms. The van der Waals surface area contributed by atoms with Crippen molar-refractivity contribution >= 4 is 0 Å². The molecule has 0 aliphatic carbocycles. The Labute approximate surface area is 221 Å². The van der Waals surface area contributed by atoms with Gasteiger partial charge < -0.3 is 20.4 Å². The van der Waals surface area contributed by atoms with Crippen LogP contribution in [-0.2, 0) is 21.1 Å². The molecule has 4 aromatic carbocycles. The normalized spacial score (nSPS) is 13.8. The number of rotatable bonds is 8. The van der Waals surface area contributed by atoms with E-state index in [4.69, 9.17) is 0 Å². The third kappa shape index (κ3) is 9.52. The first-order valence-electron chi connectivity index (χ1n) is 11.5. The first-order chi connectivity index (χ1) is 16.5. The summed E-state index contributed by atoms with van der Waals surface area (Å²) in [4.78, 5) is 0. The fraction of sp³-hybridized carbons (Fsp3) is 0.200. The van der Waals surface area contributed by atoms with Crippen molar-refractivity contribution in [3.05, 3.63) is 144 Å². The van der Waals surface area contributed by atoms with E-state index in [0.717, 1.165) is 22.3 Å². The molecule has 0 saturated heterocycles. The maximum Gasteiger partial charge on any atom is 2.00 e. The molecule has 0 aliphatic rings. The van der Waals surface area contributed by atoms with Crippen molar-refractivity contribution < 1.29 is 41.5 Å². The van der Waals surface area contributed by atoms with Crippen LogP contribution >= 0.6 is 0 Å². The van der Waals surface area contributed by atoms with Gasteiger partial charge in [0.05, 0.1) is 24.4 Å². The van der Waals surface area contributed by atoms with Gasteiger partial charge in [-0.2, -0.15) is 0 Å². The summed E-state index contributed by atoms with van der Waals surface area (Å²) in [5.74, 6) is 0. The number of aliphatic hydroxyl groups excluding tert-OH is 4. The van der Waals surface area contributed by atoms with Gasteiger partial charge in [-0.25, -0.2) is 0 Å². The van der Waals surface area contributed by atoms with Crippen LogP contribution in [0.2, 0.25) is 0 Å². The third-order valence-corrected chi connectivity index (χ3v) is 5.63. The smallest absolute Gasteiger partial charge is 0.388 e. The summed E-state index contributed by atoms with van der Waals surface area (Å²) < 4.78 is 0. The molecule has 184 valence electrons. The van der Waals surface area contributed by atoms with E-state index in [-0.39, 0.29) is 21.1 Å².